The van der Waals surface area contributed by atoms with E-state index in [1.165, 1.54) is 29.8 Å². The van der Waals surface area contributed by atoms with Gasteiger partial charge in [0.15, 0.2) is 11.6 Å². The highest BCUT2D eigenvalue weighted by atomic mass is 19.4. The molecule has 216 valence electrons. The van der Waals surface area contributed by atoms with Crippen molar-refractivity contribution in [2.75, 3.05) is 6.61 Å². The summed E-state index contributed by atoms with van der Waals surface area (Å²) < 4.78 is 91.9. The van der Waals surface area contributed by atoms with Crippen LogP contribution >= 0.6 is 0 Å². The van der Waals surface area contributed by atoms with Crippen LogP contribution in [0.4, 0.5) is 26.3 Å². The summed E-state index contributed by atoms with van der Waals surface area (Å²) in [7, 11) is 0. The Morgan fingerprint density at radius 3 is 1.78 bits per heavy atom. The molecule has 0 fully saturated rings. The maximum atomic E-state index is 15.5. The summed E-state index contributed by atoms with van der Waals surface area (Å²) in [6, 6.07) is 19.8. The van der Waals surface area contributed by atoms with Crippen LogP contribution in [0.3, 0.4) is 0 Å². The SMILES string of the molecule is CCCCOc1ccc(CCc2ccc(-c3ccc(-c4ccc(CCC)cc4)cc3)c(F)c2C(F)(F)F)c(F)c1F. The maximum Gasteiger partial charge on any atom is 0.419 e. The molecule has 0 amide bonds. The van der Waals surface area contributed by atoms with Crippen LogP contribution in [0.2, 0.25) is 0 Å². The number of halogens is 6. The molecule has 0 aliphatic carbocycles. The molecule has 0 saturated heterocycles. The average Bonchev–Trinajstić information content (AvgIpc) is 2.95. The predicted octanol–water partition coefficient (Wildman–Crippen LogP) is 10.4. The van der Waals surface area contributed by atoms with E-state index in [2.05, 4.69) is 6.92 Å². The van der Waals surface area contributed by atoms with Gasteiger partial charge in [0, 0.05) is 5.56 Å². The van der Waals surface area contributed by atoms with Gasteiger partial charge in [-0.1, -0.05) is 93.4 Å². The van der Waals surface area contributed by atoms with Crippen molar-refractivity contribution in [3.8, 4) is 28.0 Å². The predicted molar refractivity (Wildman–Crippen MR) is 150 cm³/mol. The number of rotatable bonds is 11. The van der Waals surface area contributed by atoms with Crippen molar-refractivity contribution in [2.24, 2.45) is 0 Å². The second-order valence-electron chi connectivity index (χ2n) is 10.0. The molecule has 0 aliphatic heterocycles. The summed E-state index contributed by atoms with van der Waals surface area (Å²) in [6.45, 7) is 4.26. The van der Waals surface area contributed by atoms with Crippen molar-refractivity contribution in [3.05, 3.63) is 113 Å². The van der Waals surface area contributed by atoms with Gasteiger partial charge in [0.1, 0.15) is 5.82 Å². The largest absolute Gasteiger partial charge is 0.490 e. The number of alkyl halides is 3. The molecular formula is C34H32F6O. The molecule has 1 nitrogen and oxygen atoms in total. The monoisotopic (exact) mass is 570 g/mol. The van der Waals surface area contributed by atoms with Crippen molar-refractivity contribution < 1.29 is 31.1 Å². The summed E-state index contributed by atoms with van der Waals surface area (Å²) in [6.07, 6.45) is -2.05. The molecule has 0 aliphatic rings. The fourth-order valence-electron chi connectivity index (χ4n) is 4.82. The van der Waals surface area contributed by atoms with Gasteiger partial charge in [-0.2, -0.15) is 17.6 Å². The van der Waals surface area contributed by atoms with Gasteiger partial charge >= 0.3 is 6.18 Å². The lowest BCUT2D eigenvalue weighted by atomic mass is 9.93. The topological polar surface area (TPSA) is 9.23 Å². The molecule has 0 saturated carbocycles. The fraction of sp³-hybridized carbons (Fsp3) is 0.294. The van der Waals surface area contributed by atoms with Crippen molar-refractivity contribution in [1.29, 1.82) is 0 Å². The molecule has 41 heavy (non-hydrogen) atoms. The second kappa shape index (κ2) is 13.3. The van der Waals surface area contributed by atoms with Crippen molar-refractivity contribution in [2.45, 2.75) is 58.5 Å². The Bertz CT molecular complexity index is 1460. The first-order valence-electron chi connectivity index (χ1n) is 13.8. The van der Waals surface area contributed by atoms with E-state index in [0.717, 1.165) is 30.4 Å². The van der Waals surface area contributed by atoms with E-state index in [-0.39, 0.29) is 41.9 Å². The number of benzene rings is 4. The van der Waals surface area contributed by atoms with Gasteiger partial charge in [0.05, 0.1) is 12.2 Å². The van der Waals surface area contributed by atoms with Crippen LogP contribution in [-0.4, -0.2) is 6.61 Å². The Kier molecular flexibility index (Phi) is 9.79. The second-order valence-corrected chi connectivity index (χ2v) is 10.0. The van der Waals surface area contributed by atoms with Gasteiger partial charge in [-0.3, -0.25) is 0 Å². The molecule has 0 radical (unpaired) electrons. The minimum atomic E-state index is -4.98. The highest BCUT2D eigenvalue weighted by Gasteiger charge is 2.38. The zero-order chi connectivity index (χ0) is 29.6. The average molecular weight is 571 g/mol. The van der Waals surface area contributed by atoms with Crippen molar-refractivity contribution in [1.82, 2.24) is 0 Å². The highest BCUT2D eigenvalue weighted by Crippen LogP contribution is 2.39. The third kappa shape index (κ3) is 7.13. The van der Waals surface area contributed by atoms with Crippen LogP contribution in [0.25, 0.3) is 22.3 Å². The first-order valence-corrected chi connectivity index (χ1v) is 13.8. The Hall–Kier alpha value is -3.74. The van der Waals surface area contributed by atoms with E-state index in [4.69, 9.17) is 4.74 Å². The highest BCUT2D eigenvalue weighted by molar-refractivity contribution is 5.71. The number of ether oxygens (including phenoxy) is 1. The summed E-state index contributed by atoms with van der Waals surface area (Å²) in [5.74, 6) is -4.00. The van der Waals surface area contributed by atoms with Crippen molar-refractivity contribution >= 4 is 0 Å². The third-order valence-corrected chi connectivity index (χ3v) is 7.08. The molecule has 0 atom stereocenters. The van der Waals surface area contributed by atoms with E-state index in [0.29, 0.717) is 12.0 Å². The molecule has 4 aromatic rings. The molecule has 0 aromatic heterocycles. The van der Waals surface area contributed by atoms with Gasteiger partial charge in [0.25, 0.3) is 0 Å². The number of unbranched alkanes of at least 4 members (excludes halogenated alkanes) is 1. The number of hydrogen-bond donors (Lipinski definition) is 0. The molecule has 0 unspecified atom stereocenters. The van der Waals surface area contributed by atoms with Crippen LogP contribution in [0.15, 0.2) is 72.8 Å². The van der Waals surface area contributed by atoms with Gasteiger partial charge in [0.2, 0.25) is 5.82 Å². The smallest absolute Gasteiger partial charge is 0.419 e. The first kappa shape index (κ1) is 30.2. The van der Waals surface area contributed by atoms with E-state index in [1.807, 2.05) is 31.2 Å². The third-order valence-electron chi connectivity index (χ3n) is 7.08. The minimum absolute atomic E-state index is 0.110. The molecule has 0 N–H and O–H groups in total. The van der Waals surface area contributed by atoms with Crippen LogP contribution in [0, 0.1) is 17.5 Å². The summed E-state index contributed by atoms with van der Waals surface area (Å²) in [5, 5.41) is 0. The summed E-state index contributed by atoms with van der Waals surface area (Å²) >= 11 is 0. The first-order chi connectivity index (χ1) is 19.6. The summed E-state index contributed by atoms with van der Waals surface area (Å²) in [5.41, 5.74) is 1.32. The zero-order valence-corrected chi connectivity index (χ0v) is 23.1. The van der Waals surface area contributed by atoms with Crippen molar-refractivity contribution in [3.63, 3.8) is 0 Å². The Morgan fingerprint density at radius 2 is 1.17 bits per heavy atom. The van der Waals surface area contributed by atoms with Crippen LogP contribution in [-0.2, 0) is 25.4 Å². The number of aryl methyl sites for hydroxylation is 3. The Labute approximate surface area is 236 Å². The zero-order valence-electron chi connectivity index (χ0n) is 23.1. The van der Waals surface area contributed by atoms with Gasteiger partial charge < -0.3 is 4.74 Å². The summed E-state index contributed by atoms with van der Waals surface area (Å²) in [4.78, 5) is 0. The molecule has 0 bridgehead atoms. The molecule has 0 heterocycles. The molecule has 4 rings (SSSR count). The molecular weight excluding hydrogens is 538 g/mol. The Balaban J connectivity index is 1.57. The molecule has 4 aromatic carbocycles. The van der Waals surface area contributed by atoms with E-state index in [1.54, 1.807) is 24.3 Å². The van der Waals surface area contributed by atoms with Gasteiger partial charge in [-0.15, -0.1) is 0 Å². The van der Waals surface area contributed by atoms with Gasteiger partial charge in [-0.25, -0.2) is 8.78 Å². The lowest BCUT2D eigenvalue weighted by Gasteiger charge is -2.17. The molecule has 0 spiro atoms. The van der Waals surface area contributed by atoms with Gasteiger partial charge in [-0.05, 0) is 65.1 Å². The van der Waals surface area contributed by atoms with E-state index >= 15 is 4.39 Å². The number of hydrogen-bond acceptors (Lipinski definition) is 1. The Morgan fingerprint density at radius 1 is 0.585 bits per heavy atom. The molecule has 7 heteroatoms. The minimum Gasteiger partial charge on any atom is -0.490 e. The lowest BCUT2D eigenvalue weighted by molar-refractivity contribution is -0.140. The maximum absolute atomic E-state index is 15.5. The van der Waals surface area contributed by atoms with Crippen LogP contribution in [0.1, 0.15) is 55.4 Å². The lowest BCUT2D eigenvalue weighted by Crippen LogP contribution is -2.14. The van der Waals surface area contributed by atoms with Crippen LogP contribution < -0.4 is 4.74 Å². The fourth-order valence-corrected chi connectivity index (χ4v) is 4.82. The van der Waals surface area contributed by atoms with E-state index in [9.17, 15) is 22.0 Å². The van der Waals surface area contributed by atoms with E-state index < -0.39 is 29.2 Å². The quantitative estimate of drug-likeness (QED) is 0.129. The normalized spacial score (nSPS) is 11.6. The van der Waals surface area contributed by atoms with Crippen LogP contribution in [0.5, 0.6) is 5.75 Å². The standard InChI is InChI=1S/C34H32F6O/c1-3-5-21-41-29-20-18-27(31(35)33(29)37)16-15-26-17-19-28(32(36)30(26)34(38,39)40)25-13-11-24(12-14-25)23-9-7-22(6-4-2)8-10-23/h7-14,17-20H,3-6,15-16,21H2,1-2H3.